The monoisotopic (exact) mass is 349 g/mol. The van der Waals surface area contributed by atoms with Crippen molar-refractivity contribution in [2.75, 3.05) is 11.9 Å². The first-order chi connectivity index (χ1) is 12.6. The van der Waals surface area contributed by atoms with Gasteiger partial charge in [0.25, 0.3) is 11.8 Å². The van der Waals surface area contributed by atoms with Crippen molar-refractivity contribution in [3.8, 4) is 11.3 Å². The maximum absolute atomic E-state index is 12.5. The summed E-state index contributed by atoms with van der Waals surface area (Å²) in [4.78, 5) is 24.4. The molecule has 3 rings (SSSR count). The second-order valence-corrected chi connectivity index (χ2v) is 5.79. The number of rotatable bonds is 5. The van der Waals surface area contributed by atoms with Gasteiger partial charge in [0.1, 0.15) is 5.69 Å². The highest BCUT2D eigenvalue weighted by molar-refractivity contribution is 6.04. The summed E-state index contributed by atoms with van der Waals surface area (Å²) >= 11 is 0. The summed E-state index contributed by atoms with van der Waals surface area (Å²) in [7, 11) is 0. The molecular formula is C20H19N3O3. The molecule has 2 N–H and O–H groups in total. The third-order valence-electron chi connectivity index (χ3n) is 3.89. The van der Waals surface area contributed by atoms with Gasteiger partial charge in [0, 0.05) is 29.4 Å². The van der Waals surface area contributed by atoms with Crippen LogP contribution in [-0.4, -0.2) is 23.5 Å². The highest BCUT2D eigenvalue weighted by Crippen LogP contribution is 2.21. The Hall–Kier alpha value is -3.41. The molecule has 0 unspecified atom stereocenters. The van der Waals surface area contributed by atoms with Gasteiger partial charge >= 0.3 is 0 Å². The second-order valence-electron chi connectivity index (χ2n) is 5.79. The van der Waals surface area contributed by atoms with Crippen LogP contribution in [-0.2, 0) is 0 Å². The van der Waals surface area contributed by atoms with E-state index in [-0.39, 0.29) is 11.7 Å². The largest absolute Gasteiger partial charge is 0.352 e. The van der Waals surface area contributed by atoms with E-state index in [2.05, 4.69) is 15.8 Å². The van der Waals surface area contributed by atoms with Crippen molar-refractivity contribution in [2.24, 2.45) is 0 Å². The smallest absolute Gasteiger partial charge is 0.294 e. The molecule has 132 valence electrons. The first-order valence-corrected chi connectivity index (χ1v) is 8.31. The first-order valence-electron chi connectivity index (χ1n) is 8.31. The second kappa shape index (κ2) is 7.65. The highest BCUT2D eigenvalue weighted by atomic mass is 16.5. The Morgan fingerprint density at radius 1 is 1.04 bits per heavy atom. The van der Waals surface area contributed by atoms with Crippen LogP contribution in [0, 0.1) is 6.92 Å². The molecule has 1 heterocycles. The molecule has 0 fully saturated rings. The number of carbonyl (C=O) groups excluding carboxylic acids is 2. The standard InChI is InChI=1S/C20H19N3O3/c1-3-21-19(24)15-10-9-13(2)16(11-15)22-20(25)18-12-17(23-26-18)14-7-5-4-6-8-14/h4-12H,3H2,1-2H3,(H,21,24)(H,22,25). The maximum Gasteiger partial charge on any atom is 0.294 e. The predicted octanol–water partition coefficient (Wildman–Crippen LogP) is 3.65. The van der Waals surface area contributed by atoms with E-state index >= 15 is 0 Å². The van der Waals surface area contributed by atoms with Crippen LogP contribution in [0.4, 0.5) is 5.69 Å². The van der Waals surface area contributed by atoms with Crippen molar-refractivity contribution in [3.05, 3.63) is 71.5 Å². The number of aromatic nitrogens is 1. The molecule has 3 aromatic rings. The summed E-state index contributed by atoms with van der Waals surface area (Å²) in [5, 5.41) is 9.45. The van der Waals surface area contributed by atoms with E-state index in [1.165, 1.54) is 0 Å². The number of hydrogen-bond acceptors (Lipinski definition) is 4. The van der Waals surface area contributed by atoms with Gasteiger partial charge in [-0.25, -0.2) is 0 Å². The first kappa shape index (κ1) is 17.4. The van der Waals surface area contributed by atoms with Crippen molar-refractivity contribution in [3.63, 3.8) is 0 Å². The molecule has 2 aromatic carbocycles. The summed E-state index contributed by atoms with van der Waals surface area (Å²) in [6, 6.07) is 16.2. The number of nitrogens with one attached hydrogen (secondary N) is 2. The topological polar surface area (TPSA) is 84.2 Å². The number of aryl methyl sites for hydroxylation is 1. The SMILES string of the molecule is CCNC(=O)c1ccc(C)c(NC(=O)c2cc(-c3ccccc3)no2)c1. The number of benzene rings is 2. The van der Waals surface area contributed by atoms with Gasteiger partial charge in [-0.1, -0.05) is 41.6 Å². The van der Waals surface area contributed by atoms with Crippen molar-refractivity contribution in [1.29, 1.82) is 0 Å². The lowest BCUT2D eigenvalue weighted by atomic mass is 10.1. The Balaban J connectivity index is 1.79. The van der Waals surface area contributed by atoms with E-state index in [1.54, 1.807) is 24.3 Å². The Morgan fingerprint density at radius 3 is 2.54 bits per heavy atom. The van der Waals surface area contributed by atoms with E-state index in [4.69, 9.17) is 4.52 Å². The number of carbonyl (C=O) groups is 2. The minimum atomic E-state index is -0.421. The molecule has 0 aliphatic heterocycles. The van der Waals surface area contributed by atoms with Crippen LogP contribution in [0.5, 0.6) is 0 Å². The van der Waals surface area contributed by atoms with Gasteiger partial charge < -0.3 is 15.2 Å². The van der Waals surface area contributed by atoms with Crippen molar-refractivity contribution < 1.29 is 14.1 Å². The van der Waals surface area contributed by atoms with Crippen LogP contribution >= 0.6 is 0 Å². The minimum Gasteiger partial charge on any atom is -0.352 e. The number of nitrogens with zero attached hydrogens (tertiary/aromatic N) is 1. The summed E-state index contributed by atoms with van der Waals surface area (Å²) in [6.07, 6.45) is 0. The van der Waals surface area contributed by atoms with Crippen LogP contribution in [0.25, 0.3) is 11.3 Å². The Morgan fingerprint density at radius 2 is 1.81 bits per heavy atom. The van der Waals surface area contributed by atoms with E-state index in [1.807, 2.05) is 44.2 Å². The van der Waals surface area contributed by atoms with E-state index in [9.17, 15) is 9.59 Å². The van der Waals surface area contributed by atoms with Gasteiger partial charge in [0.15, 0.2) is 0 Å². The molecule has 0 spiro atoms. The number of amides is 2. The van der Waals surface area contributed by atoms with E-state index < -0.39 is 5.91 Å². The lowest BCUT2D eigenvalue weighted by Crippen LogP contribution is -2.23. The van der Waals surface area contributed by atoms with Crippen LogP contribution in [0.3, 0.4) is 0 Å². The van der Waals surface area contributed by atoms with Crippen LogP contribution in [0.2, 0.25) is 0 Å². The van der Waals surface area contributed by atoms with E-state index in [0.717, 1.165) is 11.1 Å². The van der Waals surface area contributed by atoms with Gasteiger partial charge in [-0.05, 0) is 31.5 Å². The molecular weight excluding hydrogens is 330 g/mol. The highest BCUT2D eigenvalue weighted by Gasteiger charge is 2.16. The molecule has 0 saturated heterocycles. The fourth-order valence-electron chi connectivity index (χ4n) is 2.47. The fraction of sp³-hybridized carbons (Fsp3) is 0.150. The van der Waals surface area contributed by atoms with Crippen molar-refractivity contribution in [1.82, 2.24) is 10.5 Å². The quantitative estimate of drug-likeness (QED) is 0.736. The van der Waals surface area contributed by atoms with Crippen LogP contribution in [0.15, 0.2) is 59.1 Å². The van der Waals surface area contributed by atoms with E-state index in [0.29, 0.717) is 23.5 Å². The Kier molecular flexibility index (Phi) is 5.12. The zero-order chi connectivity index (χ0) is 18.5. The third kappa shape index (κ3) is 3.80. The van der Waals surface area contributed by atoms with Crippen LogP contribution < -0.4 is 10.6 Å². The zero-order valence-electron chi connectivity index (χ0n) is 14.6. The third-order valence-corrected chi connectivity index (χ3v) is 3.89. The average molecular weight is 349 g/mol. The summed E-state index contributed by atoms with van der Waals surface area (Å²) < 4.78 is 5.17. The molecule has 0 aliphatic rings. The van der Waals surface area contributed by atoms with Gasteiger partial charge in [-0.2, -0.15) is 0 Å². The Labute approximate surface area is 151 Å². The van der Waals surface area contributed by atoms with Gasteiger partial charge in [0.05, 0.1) is 0 Å². The molecule has 26 heavy (non-hydrogen) atoms. The molecule has 0 saturated carbocycles. The summed E-state index contributed by atoms with van der Waals surface area (Å²) in [5.74, 6) is -0.503. The van der Waals surface area contributed by atoms with Gasteiger partial charge in [-0.3, -0.25) is 9.59 Å². The lowest BCUT2D eigenvalue weighted by molar-refractivity contribution is 0.0953. The maximum atomic E-state index is 12.5. The number of hydrogen-bond donors (Lipinski definition) is 2. The molecule has 2 amide bonds. The van der Waals surface area contributed by atoms with Gasteiger partial charge in [0.2, 0.25) is 5.76 Å². The normalized spacial score (nSPS) is 10.4. The number of anilines is 1. The predicted molar refractivity (Wildman–Crippen MR) is 99.1 cm³/mol. The molecule has 6 nitrogen and oxygen atoms in total. The van der Waals surface area contributed by atoms with Gasteiger partial charge in [-0.15, -0.1) is 0 Å². The summed E-state index contributed by atoms with van der Waals surface area (Å²) in [5.41, 5.74) is 3.33. The minimum absolute atomic E-state index is 0.103. The lowest BCUT2D eigenvalue weighted by Gasteiger charge is -2.09. The average Bonchev–Trinajstić information content (AvgIpc) is 3.15. The zero-order valence-corrected chi connectivity index (χ0v) is 14.6. The Bertz CT molecular complexity index is 932. The summed E-state index contributed by atoms with van der Waals surface area (Å²) in [6.45, 7) is 4.24. The molecule has 6 heteroatoms. The van der Waals surface area contributed by atoms with Crippen molar-refractivity contribution in [2.45, 2.75) is 13.8 Å². The fourth-order valence-corrected chi connectivity index (χ4v) is 2.47. The van der Waals surface area contributed by atoms with Crippen LogP contribution in [0.1, 0.15) is 33.4 Å². The molecule has 0 aliphatic carbocycles. The molecule has 0 bridgehead atoms. The molecule has 0 atom stereocenters. The molecule has 1 aromatic heterocycles. The molecule has 0 radical (unpaired) electrons. The van der Waals surface area contributed by atoms with Crippen molar-refractivity contribution >= 4 is 17.5 Å².